The molecule has 0 aliphatic heterocycles. The van der Waals surface area contributed by atoms with Crippen molar-refractivity contribution in [2.45, 2.75) is 6.61 Å². The standard InChI is InChI=1S/C16H16O7S/c1-21-14-9-8-12(15(17)11-6-4-3-5-7-11)16(18)13(14)10-23-24(19,20)22-2/h3-9,18H,10H2,1-2H3. The predicted octanol–water partition coefficient (Wildman–Crippen LogP) is 2.04. The van der Waals surface area contributed by atoms with Crippen molar-refractivity contribution in [1.29, 1.82) is 0 Å². The Bertz CT molecular complexity index is 829. The topological polar surface area (TPSA) is 99.1 Å². The minimum absolute atomic E-state index is 0.00964. The van der Waals surface area contributed by atoms with Gasteiger partial charge in [-0.3, -0.25) is 8.98 Å². The van der Waals surface area contributed by atoms with Gasteiger partial charge in [-0.1, -0.05) is 30.3 Å². The van der Waals surface area contributed by atoms with Crippen LogP contribution in [0.1, 0.15) is 21.5 Å². The Morgan fingerprint density at radius 2 is 1.75 bits per heavy atom. The number of carbonyl (C=O) groups is 1. The quantitative estimate of drug-likeness (QED) is 0.761. The van der Waals surface area contributed by atoms with E-state index in [2.05, 4.69) is 8.37 Å². The number of carbonyl (C=O) groups excluding carboxylic acids is 1. The lowest BCUT2D eigenvalue weighted by atomic mass is 9.99. The van der Waals surface area contributed by atoms with Crippen LogP contribution in [0.4, 0.5) is 0 Å². The van der Waals surface area contributed by atoms with Crippen LogP contribution >= 0.6 is 0 Å². The fourth-order valence-corrected chi connectivity index (χ4v) is 2.41. The lowest BCUT2D eigenvalue weighted by molar-refractivity contribution is 0.103. The van der Waals surface area contributed by atoms with Gasteiger partial charge in [-0.15, -0.1) is 0 Å². The molecule has 0 aliphatic rings. The van der Waals surface area contributed by atoms with Crippen LogP contribution < -0.4 is 4.74 Å². The minimum atomic E-state index is -4.20. The average molecular weight is 352 g/mol. The molecule has 0 atom stereocenters. The summed E-state index contributed by atoms with van der Waals surface area (Å²) in [5, 5.41) is 10.4. The van der Waals surface area contributed by atoms with Crippen LogP contribution in [0, 0.1) is 0 Å². The van der Waals surface area contributed by atoms with Crippen molar-refractivity contribution in [2.75, 3.05) is 14.2 Å². The molecular formula is C16H16O7S. The van der Waals surface area contributed by atoms with Crippen molar-refractivity contribution in [2.24, 2.45) is 0 Å². The number of methoxy groups -OCH3 is 1. The highest BCUT2D eigenvalue weighted by atomic mass is 32.3. The molecule has 0 aromatic heterocycles. The zero-order valence-electron chi connectivity index (χ0n) is 13.1. The van der Waals surface area contributed by atoms with Crippen LogP contribution in [-0.2, 0) is 25.4 Å². The first-order valence-corrected chi connectivity index (χ1v) is 8.16. The average Bonchev–Trinajstić information content (AvgIpc) is 2.60. The number of benzene rings is 2. The Hall–Kier alpha value is -2.42. The van der Waals surface area contributed by atoms with Crippen LogP contribution in [0.15, 0.2) is 42.5 Å². The zero-order valence-corrected chi connectivity index (χ0v) is 13.9. The molecule has 2 aromatic carbocycles. The molecule has 0 saturated heterocycles. The van der Waals surface area contributed by atoms with Gasteiger partial charge in [-0.05, 0) is 12.1 Å². The molecular weight excluding hydrogens is 336 g/mol. The van der Waals surface area contributed by atoms with E-state index in [0.29, 0.717) is 5.56 Å². The SMILES string of the molecule is COc1ccc(C(=O)c2ccccc2)c(O)c1COS(=O)(=O)OC. The van der Waals surface area contributed by atoms with Gasteiger partial charge in [0.2, 0.25) is 0 Å². The van der Waals surface area contributed by atoms with E-state index in [9.17, 15) is 18.3 Å². The minimum Gasteiger partial charge on any atom is -0.507 e. The zero-order chi connectivity index (χ0) is 17.7. The maximum atomic E-state index is 12.5. The van der Waals surface area contributed by atoms with E-state index in [0.717, 1.165) is 7.11 Å². The Labute approximate surface area is 139 Å². The summed E-state index contributed by atoms with van der Waals surface area (Å²) in [6.07, 6.45) is 0. The lowest BCUT2D eigenvalue weighted by Crippen LogP contribution is -2.09. The maximum absolute atomic E-state index is 12.5. The first kappa shape index (κ1) is 17.9. The van der Waals surface area contributed by atoms with E-state index in [1.54, 1.807) is 30.3 Å². The van der Waals surface area contributed by atoms with Gasteiger partial charge in [0.15, 0.2) is 5.78 Å². The second-order valence-corrected chi connectivity index (χ2v) is 6.06. The normalized spacial score (nSPS) is 11.2. The van der Waals surface area contributed by atoms with Crippen LogP contribution in [0.5, 0.6) is 11.5 Å². The number of phenols is 1. The molecule has 128 valence electrons. The molecule has 0 unspecified atom stereocenters. The molecule has 2 aromatic rings. The number of phenolic OH excluding ortho intramolecular Hbond substituents is 1. The highest BCUT2D eigenvalue weighted by Gasteiger charge is 2.21. The van der Waals surface area contributed by atoms with Crippen molar-refractivity contribution in [1.82, 2.24) is 0 Å². The number of aromatic hydroxyl groups is 1. The molecule has 1 N–H and O–H groups in total. The molecule has 0 bridgehead atoms. The Morgan fingerprint density at radius 1 is 1.08 bits per heavy atom. The molecule has 7 nitrogen and oxygen atoms in total. The highest BCUT2D eigenvalue weighted by Crippen LogP contribution is 2.33. The van der Waals surface area contributed by atoms with E-state index in [1.807, 2.05) is 0 Å². The van der Waals surface area contributed by atoms with Crippen LogP contribution in [0.25, 0.3) is 0 Å². The van der Waals surface area contributed by atoms with Crippen molar-refractivity contribution in [3.05, 3.63) is 59.2 Å². The summed E-state index contributed by atoms with van der Waals surface area (Å²) >= 11 is 0. The van der Waals surface area contributed by atoms with Crippen LogP contribution in [0.3, 0.4) is 0 Å². The lowest BCUT2D eigenvalue weighted by Gasteiger charge is -2.13. The molecule has 0 fully saturated rings. The molecule has 0 radical (unpaired) electrons. The van der Waals surface area contributed by atoms with E-state index >= 15 is 0 Å². The first-order chi connectivity index (χ1) is 11.4. The van der Waals surface area contributed by atoms with E-state index < -0.39 is 28.5 Å². The Balaban J connectivity index is 2.42. The number of rotatable bonds is 7. The third-order valence-corrected chi connectivity index (χ3v) is 4.11. The van der Waals surface area contributed by atoms with Gasteiger partial charge in [0.25, 0.3) is 0 Å². The number of ether oxygens (including phenoxy) is 1. The predicted molar refractivity (Wildman–Crippen MR) is 85.3 cm³/mol. The van der Waals surface area contributed by atoms with Gasteiger partial charge in [0, 0.05) is 5.56 Å². The second kappa shape index (κ2) is 7.43. The number of ketones is 1. The molecule has 2 rings (SSSR count). The number of hydrogen-bond donors (Lipinski definition) is 1. The van der Waals surface area contributed by atoms with E-state index in [-0.39, 0.29) is 16.9 Å². The summed E-state index contributed by atoms with van der Waals surface area (Å²) in [4.78, 5) is 12.5. The summed E-state index contributed by atoms with van der Waals surface area (Å²) in [5.41, 5.74) is 0.421. The Kier molecular flexibility index (Phi) is 5.55. The van der Waals surface area contributed by atoms with Gasteiger partial charge in [-0.25, -0.2) is 4.18 Å². The van der Waals surface area contributed by atoms with E-state index in [1.165, 1.54) is 19.2 Å². The molecule has 0 spiro atoms. The second-order valence-electron chi connectivity index (χ2n) is 4.67. The smallest absolute Gasteiger partial charge is 0.399 e. The monoisotopic (exact) mass is 352 g/mol. The summed E-state index contributed by atoms with van der Waals surface area (Å²) in [6.45, 7) is -0.541. The molecule has 24 heavy (non-hydrogen) atoms. The molecule has 0 aliphatic carbocycles. The Morgan fingerprint density at radius 3 is 2.33 bits per heavy atom. The first-order valence-electron chi connectivity index (χ1n) is 6.83. The van der Waals surface area contributed by atoms with Crippen LogP contribution in [0.2, 0.25) is 0 Å². The third-order valence-electron chi connectivity index (χ3n) is 3.29. The molecule has 8 heteroatoms. The number of hydrogen-bond acceptors (Lipinski definition) is 7. The van der Waals surface area contributed by atoms with E-state index in [4.69, 9.17) is 4.74 Å². The van der Waals surface area contributed by atoms with Gasteiger partial charge in [0.1, 0.15) is 18.1 Å². The summed E-state index contributed by atoms with van der Waals surface area (Å²) in [7, 11) is -1.90. The largest absolute Gasteiger partial charge is 0.507 e. The van der Waals surface area contributed by atoms with Gasteiger partial charge in [-0.2, -0.15) is 8.42 Å². The van der Waals surface area contributed by atoms with Crippen molar-refractivity contribution < 1.29 is 31.4 Å². The third kappa shape index (κ3) is 3.91. The summed E-state index contributed by atoms with van der Waals surface area (Å²) in [6, 6.07) is 11.2. The van der Waals surface area contributed by atoms with Crippen molar-refractivity contribution in [3.63, 3.8) is 0 Å². The fourth-order valence-electron chi connectivity index (χ4n) is 2.06. The summed E-state index contributed by atoms with van der Waals surface area (Å²) in [5.74, 6) is -0.635. The van der Waals surface area contributed by atoms with Crippen LogP contribution in [-0.4, -0.2) is 33.5 Å². The van der Waals surface area contributed by atoms with Crippen molar-refractivity contribution in [3.8, 4) is 11.5 Å². The highest BCUT2D eigenvalue weighted by molar-refractivity contribution is 7.81. The molecule has 0 amide bonds. The maximum Gasteiger partial charge on any atom is 0.399 e. The van der Waals surface area contributed by atoms with Gasteiger partial charge >= 0.3 is 10.4 Å². The van der Waals surface area contributed by atoms with Gasteiger partial charge in [0.05, 0.1) is 25.3 Å². The van der Waals surface area contributed by atoms with Gasteiger partial charge < -0.3 is 9.84 Å². The molecule has 0 heterocycles. The summed E-state index contributed by atoms with van der Waals surface area (Å²) < 4.78 is 36.5. The van der Waals surface area contributed by atoms with Crippen molar-refractivity contribution >= 4 is 16.2 Å². The molecule has 0 saturated carbocycles. The fraction of sp³-hybridized carbons (Fsp3) is 0.188.